The smallest absolute Gasteiger partial charge is 0.493 e. The predicted octanol–water partition coefficient (Wildman–Crippen LogP) is 1.32. The van der Waals surface area contributed by atoms with Crippen LogP contribution in [0.3, 0.4) is 0 Å². The van der Waals surface area contributed by atoms with Gasteiger partial charge in [0.1, 0.15) is 11.5 Å². The van der Waals surface area contributed by atoms with Crippen LogP contribution < -0.4 is 15.2 Å². The second-order valence-electron chi connectivity index (χ2n) is 4.06. The molecule has 6 nitrogen and oxygen atoms in total. The highest BCUT2D eigenvalue weighted by Crippen LogP contribution is 2.17. The first kappa shape index (κ1) is 15.7. The molecule has 1 aromatic carbocycles. The molecule has 20 heavy (non-hydrogen) atoms. The van der Waals surface area contributed by atoms with E-state index in [0.29, 0.717) is 30.1 Å². The number of carbonyl (C=O) groups is 2. The summed E-state index contributed by atoms with van der Waals surface area (Å²) in [7, 11) is 0. The van der Waals surface area contributed by atoms with Crippen molar-refractivity contribution in [2.75, 3.05) is 13.2 Å². The van der Waals surface area contributed by atoms with Gasteiger partial charge in [0.05, 0.1) is 13.2 Å². The predicted molar refractivity (Wildman–Crippen MR) is 71.2 cm³/mol. The molecule has 0 atom stereocenters. The van der Waals surface area contributed by atoms with E-state index in [1.165, 1.54) is 0 Å². The third-order valence-corrected chi connectivity index (χ3v) is 2.19. The number of benzene rings is 1. The Balaban J connectivity index is 2.24. The van der Waals surface area contributed by atoms with Gasteiger partial charge in [-0.2, -0.15) is 4.79 Å². The molecule has 0 saturated carbocycles. The average molecular weight is 280 g/mol. The number of hydrogen-bond donors (Lipinski definition) is 1. The standard InChI is InChI=1S/C14H17NO5/c1-10(2)13(16)19-9-3-8-18-11-4-6-12(7-5-11)20-14(15)17/h4-7H,1,3,8-9H2,2H3,(H2,15,17)/p+1. The molecule has 1 rings (SSSR count). The maximum Gasteiger partial charge on any atom is 0.516 e. The molecule has 1 aromatic rings. The van der Waals surface area contributed by atoms with Crippen LogP contribution in [-0.2, 0) is 9.53 Å². The van der Waals surface area contributed by atoms with Gasteiger partial charge in [-0.15, -0.1) is 0 Å². The van der Waals surface area contributed by atoms with Crippen molar-refractivity contribution in [3.63, 3.8) is 0 Å². The lowest BCUT2D eigenvalue weighted by atomic mass is 10.3. The number of ether oxygens (including phenoxy) is 3. The molecule has 0 aliphatic rings. The molecular weight excluding hydrogens is 262 g/mol. The van der Waals surface area contributed by atoms with Crippen LogP contribution in [-0.4, -0.2) is 25.3 Å². The molecule has 0 bridgehead atoms. The van der Waals surface area contributed by atoms with Crippen LogP contribution in [0.4, 0.5) is 4.79 Å². The quantitative estimate of drug-likeness (QED) is 0.462. The summed E-state index contributed by atoms with van der Waals surface area (Å²) in [6.45, 7) is 5.78. The second kappa shape index (κ2) is 7.96. The topological polar surface area (TPSA) is 89.5 Å². The van der Waals surface area contributed by atoms with Gasteiger partial charge in [-0.1, -0.05) is 6.58 Å². The van der Waals surface area contributed by atoms with Gasteiger partial charge in [0.25, 0.3) is 0 Å². The molecule has 1 amide bonds. The fourth-order valence-corrected chi connectivity index (χ4v) is 1.27. The molecule has 0 unspecified atom stereocenters. The molecule has 0 aliphatic heterocycles. The summed E-state index contributed by atoms with van der Waals surface area (Å²) in [6.07, 6.45) is -0.0350. The lowest BCUT2D eigenvalue weighted by molar-refractivity contribution is -0.271. The monoisotopic (exact) mass is 280 g/mol. The minimum atomic E-state index is -0.613. The molecule has 0 spiro atoms. The maximum atomic E-state index is 11.1. The van der Waals surface area contributed by atoms with Gasteiger partial charge in [0.2, 0.25) is 0 Å². The third-order valence-electron chi connectivity index (χ3n) is 2.19. The number of esters is 1. The minimum absolute atomic E-state index is 0.281. The number of rotatable bonds is 7. The molecule has 0 saturated heterocycles. The Bertz CT molecular complexity index is 481. The van der Waals surface area contributed by atoms with Gasteiger partial charge in [-0.05, 0) is 31.2 Å². The lowest BCUT2D eigenvalue weighted by Gasteiger charge is -2.07. The highest BCUT2D eigenvalue weighted by atomic mass is 16.5. The van der Waals surface area contributed by atoms with Crippen molar-refractivity contribution in [2.24, 2.45) is 0 Å². The highest BCUT2D eigenvalue weighted by molar-refractivity contribution is 5.86. The number of amides is 1. The van der Waals surface area contributed by atoms with Crippen LogP contribution in [0.5, 0.6) is 11.5 Å². The van der Waals surface area contributed by atoms with E-state index in [4.69, 9.17) is 14.2 Å². The molecule has 0 aliphatic carbocycles. The summed E-state index contributed by atoms with van der Waals surface area (Å²) in [5.74, 6) is 0.650. The van der Waals surface area contributed by atoms with Crippen molar-refractivity contribution < 1.29 is 29.5 Å². The Morgan fingerprint density at radius 2 is 1.75 bits per heavy atom. The zero-order valence-electron chi connectivity index (χ0n) is 11.4. The fourth-order valence-electron chi connectivity index (χ4n) is 1.27. The second-order valence-corrected chi connectivity index (χ2v) is 4.06. The molecule has 108 valence electrons. The van der Waals surface area contributed by atoms with E-state index in [-0.39, 0.29) is 6.61 Å². The molecular formula is C14H18NO5+. The Hall–Kier alpha value is -2.34. The Morgan fingerprint density at radius 3 is 2.30 bits per heavy atom. The van der Waals surface area contributed by atoms with Gasteiger partial charge in [-0.3, -0.25) is 5.73 Å². The Kier molecular flexibility index (Phi) is 6.25. The van der Waals surface area contributed by atoms with Crippen molar-refractivity contribution in [3.05, 3.63) is 36.4 Å². The first-order valence-electron chi connectivity index (χ1n) is 6.08. The van der Waals surface area contributed by atoms with Crippen LogP contribution >= 0.6 is 0 Å². The average Bonchev–Trinajstić information content (AvgIpc) is 2.39. The fraction of sp³-hybridized carbons (Fsp3) is 0.286. The number of quaternary nitrogens is 1. The van der Waals surface area contributed by atoms with E-state index in [1.54, 1.807) is 31.2 Å². The molecule has 0 aromatic heterocycles. The minimum Gasteiger partial charge on any atom is -0.493 e. The molecule has 0 radical (unpaired) electrons. The van der Waals surface area contributed by atoms with E-state index in [1.807, 2.05) is 0 Å². The molecule has 0 fully saturated rings. The van der Waals surface area contributed by atoms with Crippen molar-refractivity contribution >= 4 is 12.1 Å². The summed E-state index contributed by atoms with van der Waals surface area (Å²) in [5.41, 5.74) is 3.49. The van der Waals surface area contributed by atoms with Crippen LogP contribution in [0.2, 0.25) is 0 Å². The number of hydrogen-bond acceptors (Lipinski definition) is 5. The first-order chi connectivity index (χ1) is 9.49. The molecule has 3 N–H and O–H groups in total. The summed E-state index contributed by atoms with van der Waals surface area (Å²) < 4.78 is 15.1. The van der Waals surface area contributed by atoms with Crippen LogP contribution in [0.1, 0.15) is 13.3 Å². The SMILES string of the molecule is C=C(C)C(=O)OCCCOc1ccc(OC([NH3+])=O)cc1. The normalized spacial score (nSPS) is 9.70. The Labute approximate surface area is 117 Å². The van der Waals surface area contributed by atoms with Crippen LogP contribution in [0.15, 0.2) is 36.4 Å². The zero-order chi connectivity index (χ0) is 15.0. The van der Waals surface area contributed by atoms with Crippen molar-refractivity contribution in [1.29, 1.82) is 0 Å². The van der Waals surface area contributed by atoms with Crippen molar-refractivity contribution in [2.45, 2.75) is 13.3 Å². The van der Waals surface area contributed by atoms with Gasteiger partial charge in [0, 0.05) is 12.0 Å². The van der Waals surface area contributed by atoms with Crippen LogP contribution in [0.25, 0.3) is 0 Å². The zero-order valence-corrected chi connectivity index (χ0v) is 11.4. The Morgan fingerprint density at radius 1 is 1.15 bits per heavy atom. The van der Waals surface area contributed by atoms with Gasteiger partial charge < -0.3 is 14.2 Å². The van der Waals surface area contributed by atoms with Gasteiger partial charge in [-0.25, -0.2) is 4.79 Å². The van der Waals surface area contributed by atoms with E-state index >= 15 is 0 Å². The summed E-state index contributed by atoms with van der Waals surface area (Å²) in [4.78, 5) is 21.7. The first-order valence-corrected chi connectivity index (χ1v) is 6.08. The summed E-state index contributed by atoms with van der Waals surface area (Å²) in [6, 6.07) is 6.58. The van der Waals surface area contributed by atoms with Crippen molar-refractivity contribution in [1.82, 2.24) is 0 Å². The van der Waals surface area contributed by atoms with E-state index in [2.05, 4.69) is 12.3 Å². The van der Waals surface area contributed by atoms with Crippen molar-refractivity contribution in [3.8, 4) is 11.5 Å². The summed E-state index contributed by atoms with van der Waals surface area (Å²) >= 11 is 0. The third kappa shape index (κ3) is 6.01. The van der Waals surface area contributed by atoms with Gasteiger partial charge in [0.15, 0.2) is 0 Å². The lowest BCUT2D eigenvalue weighted by Crippen LogP contribution is -2.58. The summed E-state index contributed by atoms with van der Waals surface area (Å²) in [5, 5.41) is 0. The van der Waals surface area contributed by atoms with E-state index in [0.717, 1.165) is 0 Å². The van der Waals surface area contributed by atoms with Gasteiger partial charge >= 0.3 is 12.1 Å². The van der Waals surface area contributed by atoms with E-state index in [9.17, 15) is 9.59 Å². The maximum absolute atomic E-state index is 11.1. The van der Waals surface area contributed by atoms with E-state index < -0.39 is 12.1 Å². The largest absolute Gasteiger partial charge is 0.516 e. The van der Waals surface area contributed by atoms with Crippen LogP contribution in [0, 0.1) is 0 Å². The number of carbonyl (C=O) groups excluding carboxylic acids is 2. The molecule has 6 heteroatoms. The molecule has 0 heterocycles. The highest BCUT2D eigenvalue weighted by Gasteiger charge is 2.03.